The van der Waals surface area contributed by atoms with Gasteiger partial charge in [0.2, 0.25) is 0 Å². The average molecular weight is 230 g/mol. The molecule has 1 heterocycles. The first kappa shape index (κ1) is 10.0. The first-order chi connectivity index (χ1) is 8.27. The van der Waals surface area contributed by atoms with Crippen LogP contribution in [0.2, 0.25) is 0 Å². The Bertz CT molecular complexity index is 403. The van der Waals surface area contributed by atoms with E-state index in [-0.39, 0.29) is 0 Å². The van der Waals surface area contributed by atoms with Crippen molar-refractivity contribution in [3.05, 3.63) is 24.3 Å². The SMILES string of the molecule is OC1(c2cnccn2)C2CC3CC(C2)CC1C3. The minimum Gasteiger partial charge on any atom is -0.383 e. The highest BCUT2D eigenvalue weighted by Gasteiger charge is 2.57. The van der Waals surface area contributed by atoms with E-state index < -0.39 is 5.60 Å². The summed E-state index contributed by atoms with van der Waals surface area (Å²) in [6, 6.07) is 0. The van der Waals surface area contributed by atoms with Crippen molar-refractivity contribution in [1.29, 1.82) is 0 Å². The fourth-order valence-electron chi connectivity index (χ4n) is 4.83. The van der Waals surface area contributed by atoms with Crippen LogP contribution in [-0.4, -0.2) is 15.1 Å². The molecule has 0 aromatic carbocycles. The monoisotopic (exact) mass is 230 g/mol. The van der Waals surface area contributed by atoms with Crippen molar-refractivity contribution in [2.45, 2.75) is 37.7 Å². The summed E-state index contributed by atoms with van der Waals surface area (Å²) in [5.41, 5.74) is 0.135. The zero-order valence-corrected chi connectivity index (χ0v) is 9.92. The summed E-state index contributed by atoms with van der Waals surface area (Å²) in [6.45, 7) is 0. The quantitative estimate of drug-likeness (QED) is 0.803. The molecule has 4 fully saturated rings. The minimum atomic E-state index is -0.679. The lowest BCUT2D eigenvalue weighted by molar-refractivity contribution is -0.181. The predicted molar refractivity (Wildman–Crippen MR) is 63.0 cm³/mol. The zero-order chi connectivity index (χ0) is 11.5. The van der Waals surface area contributed by atoms with Gasteiger partial charge in [-0.25, -0.2) is 0 Å². The summed E-state index contributed by atoms with van der Waals surface area (Å²) in [6.07, 6.45) is 11.3. The van der Waals surface area contributed by atoms with Gasteiger partial charge in [-0.3, -0.25) is 9.97 Å². The average Bonchev–Trinajstić information content (AvgIpc) is 2.36. The highest BCUT2D eigenvalue weighted by molar-refractivity contribution is 5.18. The Balaban J connectivity index is 1.78. The van der Waals surface area contributed by atoms with Gasteiger partial charge in [-0.1, -0.05) is 0 Å². The summed E-state index contributed by atoms with van der Waals surface area (Å²) in [7, 11) is 0. The van der Waals surface area contributed by atoms with Gasteiger partial charge in [-0.15, -0.1) is 0 Å². The Morgan fingerprint density at radius 1 is 1.00 bits per heavy atom. The predicted octanol–water partition coefficient (Wildman–Crippen LogP) is 2.12. The molecule has 90 valence electrons. The molecule has 0 unspecified atom stereocenters. The fraction of sp³-hybridized carbons (Fsp3) is 0.714. The fourth-order valence-corrected chi connectivity index (χ4v) is 4.83. The Morgan fingerprint density at radius 3 is 2.18 bits per heavy atom. The van der Waals surface area contributed by atoms with E-state index in [0.29, 0.717) is 11.8 Å². The number of aliphatic hydroxyl groups is 1. The van der Waals surface area contributed by atoms with Crippen LogP contribution in [0.25, 0.3) is 0 Å². The van der Waals surface area contributed by atoms with Crippen LogP contribution in [0.5, 0.6) is 0 Å². The zero-order valence-electron chi connectivity index (χ0n) is 9.92. The molecule has 3 heteroatoms. The molecule has 1 aromatic rings. The molecule has 0 atom stereocenters. The lowest BCUT2D eigenvalue weighted by Gasteiger charge is -2.58. The summed E-state index contributed by atoms with van der Waals surface area (Å²) in [4.78, 5) is 8.52. The van der Waals surface area contributed by atoms with E-state index in [1.807, 2.05) is 0 Å². The van der Waals surface area contributed by atoms with Crippen molar-refractivity contribution in [3.63, 3.8) is 0 Å². The summed E-state index contributed by atoms with van der Waals surface area (Å²) < 4.78 is 0. The smallest absolute Gasteiger partial charge is 0.114 e. The first-order valence-corrected chi connectivity index (χ1v) is 6.75. The molecule has 4 aliphatic carbocycles. The van der Waals surface area contributed by atoms with Crippen molar-refractivity contribution >= 4 is 0 Å². The second-order valence-electron chi connectivity index (χ2n) is 6.22. The Hall–Kier alpha value is -0.960. The molecule has 5 rings (SSSR count). The molecule has 3 nitrogen and oxygen atoms in total. The first-order valence-electron chi connectivity index (χ1n) is 6.75. The number of aromatic nitrogens is 2. The summed E-state index contributed by atoms with van der Waals surface area (Å²) in [5, 5.41) is 11.2. The third-order valence-electron chi connectivity index (χ3n) is 5.36. The van der Waals surface area contributed by atoms with E-state index in [9.17, 15) is 5.11 Å². The lowest BCUT2D eigenvalue weighted by Crippen LogP contribution is -2.55. The van der Waals surface area contributed by atoms with Crippen LogP contribution < -0.4 is 0 Å². The van der Waals surface area contributed by atoms with E-state index in [1.54, 1.807) is 18.6 Å². The van der Waals surface area contributed by atoms with Crippen LogP contribution >= 0.6 is 0 Å². The Kier molecular flexibility index (Phi) is 1.93. The van der Waals surface area contributed by atoms with Crippen LogP contribution in [0.4, 0.5) is 0 Å². The molecule has 0 saturated heterocycles. The molecule has 4 aliphatic rings. The van der Waals surface area contributed by atoms with Gasteiger partial charge >= 0.3 is 0 Å². The summed E-state index contributed by atoms with van der Waals surface area (Å²) >= 11 is 0. The second kappa shape index (κ2) is 3.29. The Morgan fingerprint density at radius 2 is 1.65 bits per heavy atom. The van der Waals surface area contributed by atoms with Crippen LogP contribution in [0.1, 0.15) is 37.8 Å². The van der Waals surface area contributed by atoms with Crippen LogP contribution in [0.15, 0.2) is 18.6 Å². The van der Waals surface area contributed by atoms with E-state index in [2.05, 4.69) is 9.97 Å². The molecule has 0 radical (unpaired) electrons. The van der Waals surface area contributed by atoms with E-state index >= 15 is 0 Å². The summed E-state index contributed by atoms with van der Waals surface area (Å²) in [5.74, 6) is 2.59. The van der Waals surface area contributed by atoms with E-state index in [4.69, 9.17) is 0 Å². The van der Waals surface area contributed by atoms with Crippen LogP contribution in [-0.2, 0) is 5.60 Å². The van der Waals surface area contributed by atoms with Gasteiger partial charge in [-0.2, -0.15) is 0 Å². The maximum Gasteiger partial charge on any atom is 0.114 e. The van der Waals surface area contributed by atoms with Gasteiger partial charge in [0.1, 0.15) is 5.60 Å². The van der Waals surface area contributed by atoms with Gasteiger partial charge in [0.25, 0.3) is 0 Å². The normalized spacial score (nSPS) is 47.4. The van der Waals surface area contributed by atoms with Gasteiger partial charge in [0, 0.05) is 12.4 Å². The van der Waals surface area contributed by atoms with Crippen molar-refractivity contribution < 1.29 is 5.11 Å². The van der Waals surface area contributed by atoms with E-state index in [1.165, 1.54) is 32.1 Å². The van der Waals surface area contributed by atoms with Crippen molar-refractivity contribution in [3.8, 4) is 0 Å². The minimum absolute atomic E-state index is 0.426. The Labute approximate surface area is 101 Å². The molecule has 0 spiro atoms. The standard InChI is InChI=1S/C14H18N2O/c17-14(13-8-15-1-2-16-13)11-4-9-3-10(6-11)7-12(14)5-9/h1-2,8-12,17H,3-7H2. The van der Waals surface area contributed by atoms with Crippen molar-refractivity contribution in [1.82, 2.24) is 9.97 Å². The molecular formula is C14H18N2O. The lowest BCUT2D eigenvalue weighted by atomic mass is 9.49. The van der Waals surface area contributed by atoms with Crippen molar-refractivity contribution in [2.75, 3.05) is 0 Å². The van der Waals surface area contributed by atoms with Gasteiger partial charge < -0.3 is 5.11 Å². The van der Waals surface area contributed by atoms with Crippen LogP contribution in [0.3, 0.4) is 0 Å². The molecule has 0 amide bonds. The highest BCUT2D eigenvalue weighted by Crippen LogP contribution is 2.61. The second-order valence-corrected chi connectivity index (χ2v) is 6.22. The molecule has 4 bridgehead atoms. The number of hydrogen-bond donors (Lipinski definition) is 1. The maximum absolute atomic E-state index is 11.2. The molecule has 1 aromatic heterocycles. The molecule has 4 saturated carbocycles. The molecular weight excluding hydrogens is 212 g/mol. The van der Waals surface area contributed by atoms with Crippen molar-refractivity contribution in [2.24, 2.45) is 23.7 Å². The van der Waals surface area contributed by atoms with Crippen LogP contribution in [0, 0.1) is 23.7 Å². The highest BCUT2D eigenvalue weighted by atomic mass is 16.3. The number of nitrogens with zero attached hydrogens (tertiary/aromatic N) is 2. The third-order valence-corrected chi connectivity index (χ3v) is 5.36. The molecule has 17 heavy (non-hydrogen) atoms. The third kappa shape index (κ3) is 1.26. The van der Waals surface area contributed by atoms with Gasteiger partial charge in [-0.05, 0) is 55.8 Å². The number of hydrogen-bond acceptors (Lipinski definition) is 3. The van der Waals surface area contributed by atoms with E-state index in [0.717, 1.165) is 17.5 Å². The molecule has 0 aliphatic heterocycles. The van der Waals surface area contributed by atoms with Gasteiger partial charge in [0.05, 0.1) is 11.9 Å². The topological polar surface area (TPSA) is 46.0 Å². The maximum atomic E-state index is 11.2. The largest absolute Gasteiger partial charge is 0.383 e. The molecule has 1 N–H and O–H groups in total. The number of rotatable bonds is 1. The van der Waals surface area contributed by atoms with Gasteiger partial charge in [0.15, 0.2) is 0 Å².